The van der Waals surface area contributed by atoms with Crippen LogP contribution in [0.2, 0.25) is 0 Å². The second-order valence-electron chi connectivity index (χ2n) is 6.43. The van der Waals surface area contributed by atoms with Crippen molar-refractivity contribution in [3.05, 3.63) is 35.5 Å². The van der Waals surface area contributed by atoms with Gasteiger partial charge in [-0.1, -0.05) is 18.2 Å². The van der Waals surface area contributed by atoms with Crippen LogP contribution >= 0.6 is 0 Å². The minimum Gasteiger partial charge on any atom is -0.393 e. The molecule has 0 bridgehead atoms. The fraction of sp³-hybridized carbons (Fsp3) is 0.500. The molecule has 0 radical (unpaired) electrons. The predicted molar refractivity (Wildman–Crippen MR) is 85.7 cm³/mol. The van der Waals surface area contributed by atoms with E-state index in [0.29, 0.717) is 6.04 Å². The molecule has 2 aromatic rings. The number of nitrogens with zero attached hydrogens (tertiary/aromatic N) is 1. The van der Waals surface area contributed by atoms with Crippen molar-refractivity contribution in [2.45, 2.75) is 57.1 Å². The van der Waals surface area contributed by atoms with Gasteiger partial charge in [-0.05, 0) is 56.6 Å². The third-order valence-electron chi connectivity index (χ3n) is 4.96. The molecule has 0 spiro atoms. The van der Waals surface area contributed by atoms with E-state index in [1.807, 2.05) is 0 Å². The van der Waals surface area contributed by atoms with Crippen molar-refractivity contribution >= 4 is 16.6 Å². The number of benzene rings is 1. The topological polar surface area (TPSA) is 45.1 Å². The third kappa shape index (κ3) is 2.40. The molecule has 21 heavy (non-hydrogen) atoms. The van der Waals surface area contributed by atoms with Gasteiger partial charge in [-0.25, -0.2) is 0 Å². The van der Waals surface area contributed by atoms with Crippen LogP contribution in [-0.4, -0.2) is 22.2 Å². The Morgan fingerprint density at radius 3 is 2.71 bits per heavy atom. The van der Waals surface area contributed by atoms with E-state index in [1.165, 1.54) is 28.8 Å². The summed E-state index contributed by atoms with van der Waals surface area (Å²) in [6.45, 7) is 0. The van der Waals surface area contributed by atoms with Gasteiger partial charge in [0.25, 0.3) is 0 Å². The summed E-state index contributed by atoms with van der Waals surface area (Å²) < 4.78 is 0. The molecule has 110 valence electrons. The molecule has 0 atom stereocenters. The number of anilines is 1. The highest BCUT2D eigenvalue weighted by Gasteiger charge is 2.24. The highest BCUT2D eigenvalue weighted by atomic mass is 16.3. The minimum absolute atomic E-state index is 0.0945. The maximum Gasteiger partial charge on any atom is 0.0726 e. The van der Waals surface area contributed by atoms with Crippen molar-refractivity contribution in [2.75, 3.05) is 5.32 Å². The number of aryl methyl sites for hydroxylation is 1. The normalized spacial score (nSPS) is 25.0. The SMILES string of the molecule is OC1CCC(Nc2c3c(nc4ccccc24)CCC3)CC1. The number of aromatic nitrogens is 1. The van der Waals surface area contributed by atoms with Crippen LogP contribution in [0.1, 0.15) is 43.4 Å². The summed E-state index contributed by atoms with van der Waals surface area (Å²) in [6, 6.07) is 8.95. The number of pyridine rings is 1. The first-order valence-corrected chi connectivity index (χ1v) is 8.16. The standard InChI is InChI=1S/C18H22N2O/c21-13-10-8-12(9-11-13)19-18-14-4-1-2-6-16(14)20-17-7-3-5-15(17)18/h1-2,4,6,12-13,21H,3,5,7-11H2,(H,19,20). The van der Waals surface area contributed by atoms with E-state index in [-0.39, 0.29) is 6.10 Å². The number of rotatable bonds is 2. The predicted octanol–water partition coefficient (Wildman–Crippen LogP) is 3.44. The minimum atomic E-state index is -0.0945. The van der Waals surface area contributed by atoms with Crippen LogP contribution in [0.15, 0.2) is 24.3 Å². The highest BCUT2D eigenvalue weighted by Crippen LogP contribution is 2.35. The second kappa shape index (κ2) is 5.30. The molecule has 2 aliphatic carbocycles. The van der Waals surface area contributed by atoms with E-state index in [4.69, 9.17) is 4.98 Å². The molecule has 2 aliphatic rings. The number of hydrogen-bond acceptors (Lipinski definition) is 3. The summed E-state index contributed by atoms with van der Waals surface area (Å²) in [7, 11) is 0. The number of hydrogen-bond donors (Lipinski definition) is 2. The lowest BCUT2D eigenvalue weighted by molar-refractivity contribution is 0.126. The zero-order chi connectivity index (χ0) is 14.2. The van der Waals surface area contributed by atoms with Crippen LogP contribution in [0.4, 0.5) is 5.69 Å². The van der Waals surface area contributed by atoms with Gasteiger partial charge in [-0.3, -0.25) is 4.98 Å². The van der Waals surface area contributed by atoms with Crippen LogP contribution in [0.5, 0.6) is 0 Å². The first kappa shape index (κ1) is 13.1. The van der Waals surface area contributed by atoms with Crippen molar-refractivity contribution in [3.8, 4) is 0 Å². The molecule has 0 amide bonds. The second-order valence-corrected chi connectivity index (χ2v) is 6.43. The molecule has 0 unspecified atom stereocenters. The first-order chi connectivity index (χ1) is 10.3. The molecule has 0 aliphatic heterocycles. The van der Waals surface area contributed by atoms with Crippen LogP contribution in [0.25, 0.3) is 10.9 Å². The number of fused-ring (bicyclic) bond motifs is 2. The summed E-state index contributed by atoms with van der Waals surface area (Å²) >= 11 is 0. The van der Waals surface area contributed by atoms with E-state index in [0.717, 1.165) is 44.0 Å². The molecule has 1 fully saturated rings. The Balaban J connectivity index is 1.73. The average molecular weight is 282 g/mol. The molecule has 0 saturated heterocycles. The summed E-state index contributed by atoms with van der Waals surface area (Å²) in [5.74, 6) is 0. The molecule has 1 aromatic carbocycles. The lowest BCUT2D eigenvalue weighted by atomic mass is 9.92. The smallest absolute Gasteiger partial charge is 0.0726 e. The van der Waals surface area contributed by atoms with E-state index >= 15 is 0 Å². The molecule has 3 heteroatoms. The van der Waals surface area contributed by atoms with Crippen LogP contribution in [0, 0.1) is 0 Å². The van der Waals surface area contributed by atoms with Gasteiger partial charge in [0.05, 0.1) is 11.6 Å². The summed E-state index contributed by atoms with van der Waals surface area (Å²) in [6.07, 6.45) is 7.34. The van der Waals surface area contributed by atoms with Gasteiger partial charge in [0.2, 0.25) is 0 Å². The fourth-order valence-corrected chi connectivity index (χ4v) is 3.80. The molecule has 2 N–H and O–H groups in total. The molecular formula is C18H22N2O. The monoisotopic (exact) mass is 282 g/mol. The molecule has 1 heterocycles. The van der Waals surface area contributed by atoms with Gasteiger partial charge < -0.3 is 10.4 Å². The maximum absolute atomic E-state index is 9.68. The Morgan fingerprint density at radius 1 is 1.05 bits per heavy atom. The molecular weight excluding hydrogens is 260 g/mol. The fourth-order valence-electron chi connectivity index (χ4n) is 3.80. The van der Waals surface area contributed by atoms with Crippen molar-refractivity contribution in [1.29, 1.82) is 0 Å². The number of aliphatic hydroxyl groups excluding tert-OH is 1. The summed E-state index contributed by atoms with van der Waals surface area (Å²) in [4.78, 5) is 4.84. The van der Waals surface area contributed by atoms with Gasteiger partial charge >= 0.3 is 0 Å². The summed E-state index contributed by atoms with van der Waals surface area (Å²) in [5, 5.41) is 14.7. The lowest BCUT2D eigenvalue weighted by Crippen LogP contribution is -2.28. The molecule has 1 saturated carbocycles. The van der Waals surface area contributed by atoms with Crippen molar-refractivity contribution < 1.29 is 5.11 Å². The molecule has 3 nitrogen and oxygen atoms in total. The van der Waals surface area contributed by atoms with E-state index in [1.54, 1.807) is 0 Å². The number of nitrogens with one attached hydrogen (secondary N) is 1. The van der Waals surface area contributed by atoms with E-state index < -0.39 is 0 Å². The van der Waals surface area contributed by atoms with Gasteiger partial charge in [0, 0.05) is 22.8 Å². The van der Waals surface area contributed by atoms with Gasteiger partial charge in [0.15, 0.2) is 0 Å². The quantitative estimate of drug-likeness (QED) is 0.887. The average Bonchev–Trinajstić information content (AvgIpc) is 2.97. The van der Waals surface area contributed by atoms with Crippen LogP contribution in [-0.2, 0) is 12.8 Å². The van der Waals surface area contributed by atoms with Crippen molar-refractivity contribution in [1.82, 2.24) is 4.98 Å². The van der Waals surface area contributed by atoms with Gasteiger partial charge in [-0.2, -0.15) is 0 Å². The number of aliphatic hydroxyl groups is 1. The van der Waals surface area contributed by atoms with Crippen LogP contribution < -0.4 is 5.32 Å². The zero-order valence-corrected chi connectivity index (χ0v) is 12.3. The van der Waals surface area contributed by atoms with Crippen molar-refractivity contribution in [2.24, 2.45) is 0 Å². The molecule has 4 rings (SSSR count). The Morgan fingerprint density at radius 2 is 1.86 bits per heavy atom. The Labute approximate surface area is 125 Å². The Hall–Kier alpha value is -1.61. The maximum atomic E-state index is 9.68. The lowest BCUT2D eigenvalue weighted by Gasteiger charge is -2.28. The Kier molecular flexibility index (Phi) is 3.30. The third-order valence-corrected chi connectivity index (χ3v) is 4.96. The van der Waals surface area contributed by atoms with Gasteiger partial charge in [-0.15, -0.1) is 0 Å². The largest absolute Gasteiger partial charge is 0.393 e. The van der Waals surface area contributed by atoms with E-state index in [2.05, 4.69) is 29.6 Å². The highest BCUT2D eigenvalue weighted by molar-refractivity contribution is 5.93. The zero-order valence-electron chi connectivity index (χ0n) is 12.3. The number of para-hydroxylation sites is 1. The van der Waals surface area contributed by atoms with Gasteiger partial charge in [0.1, 0.15) is 0 Å². The Bertz CT molecular complexity index is 660. The van der Waals surface area contributed by atoms with Crippen molar-refractivity contribution in [3.63, 3.8) is 0 Å². The van der Waals surface area contributed by atoms with Crippen LogP contribution in [0.3, 0.4) is 0 Å². The first-order valence-electron chi connectivity index (χ1n) is 8.16. The van der Waals surface area contributed by atoms with E-state index in [9.17, 15) is 5.11 Å². The summed E-state index contributed by atoms with van der Waals surface area (Å²) in [5.41, 5.74) is 5.14. The molecule has 1 aromatic heterocycles.